The lowest BCUT2D eigenvalue weighted by molar-refractivity contribution is -0.119. The highest BCUT2D eigenvalue weighted by molar-refractivity contribution is 7.99. The predicted octanol–water partition coefficient (Wildman–Crippen LogP) is 5.19. The number of nitrogens with zero attached hydrogens (tertiary/aromatic N) is 2. The van der Waals surface area contributed by atoms with Crippen molar-refractivity contribution in [2.75, 3.05) is 12.4 Å². The third-order valence-corrected chi connectivity index (χ3v) is 8.58. The number of halogens is 1. The highest BCUT2D eigenvalue weighted by Gasteiger charge is 2.23. The van der Waals surface area contributed by atoms with Crippen LogP contribution >= 0.6 is 34.7 Å². The number of amides is 1. The van der Waals surface area contributed by atoms with Gasteiger partial charge in [0.2, 0.25) is 5.91 Å². The molecule has 0 atom stereocenters. The lowest BCUT2D eigenvalue weighted by atomic mass is 9.95. The van der Waals surface area contributed by atoms with Crippen molar-refractivity contribution in [1.82, 2.24) is 14.9 Å². The molecule has 3 aromatic rings. The van der Waals surface area contributed by atoms with Crippen molar-refractivity contribution in [1.29, 1.82) is 0 Å². The Morgan fingerprint density at radius 3 is 2.71 bits per heavy atom. The van der Waals surface area contributed by atoms with Gasteiger partial charge in [-0.05, 0) is 43.9 Å². The summed E-state index contributed by atoms with van der Waals surface area (Å²) in [6.07, 6.45) is 5.49. The van der Waals surface area contributed by atoms with E-state index in [4.69, 9.17) is 21.3 Å². The molecule has 0 spiro atoms. The molecule has 1 aromatic carbocycles. The van der Waals surface area contributed by atoms with E-state index in [0.717, 1.165) is 42.6 Å². The average Bonchev–Trinajstić information content (AvgIpc) is 3.18. The highest BCUT2D eigenvalue weighted by atomic mass is 35.5. The third kappa shape index (κ3) is 5.90. The van der Waals surface area contributed by atoms with Crippen molar-refractivity contribution in [3.63, 3.8) is 0 Å². The van der Waals surface area contributed by atoms with Gasteiger partial charge in [0, 0.05) is 11.1 Å². The molecular formula is C25H28ClN3O4S2. The maximum Gasteiger partial charge on any atom is 0.348 e. The van der Waals surface area contributed by atoms with Crippen LogP contribution < -0.4 is 10.9 Å². The van der Waals surface area contributed by atoms with Crippen LogP contribution in [0.2, 0.25) is 5.02 Å². The number of benzene rings is 1. The van der Waals surface area contributed by atoms with Gasteiger partial charge in [-0.25, -0.2) is 9.78 Å². The van der Waals surface area contributed by atoms with Crippen molar-refractivity contribution < 1.29 is 14.3 Å². The molecule has 2 aromatic heterocycles. The second-order valence-electron chi connectivity index (χ2n) is 8.53. The first-order valence-electron chi connectivity index (χ1n) is 11.8. The number of rotatable bonds is 8. The Balaban J connectivity index is 1.69. The monoisotopic (exact) mass is 533 g/mol. The standard InChI is InChI=1S/C25H28ClN3O4S2/c1-3-33-24(32)21-15(2)20-22(35-21)28-25(34-14-19(30)27-17-10-5-4-6-11-17)29(23(20)31)13-16-9-7-8-12-18(16)26/h7-9,12,17H,3-6,10-11,13-14H2,1-2H3,(H,27,30). The number of esters is 1. The van der Waals surface area contributed by atoms with Gasteiger partial charge in [-0.15, -0.1) is 11.3 Å². The zero-order valence-electron chi connectivity index (χ0n) is 19.8. The largest absolute Gasteiger partial charge is 0.462 e. The van der Waals surface area contributed by atoms with Crippen LogP contribution in [-0.2, 0) is 16.1 Å². The highest BCUT2D eigenvalue weighted by Crippen LogP contribution is 2.30. The molecule has 0 bridgehead atoms. The van der Waals surface area contributed by atoms with Crippen LogP contribution in [0.3, 0.4) is 0 Å². The number of carbonyl (C=O) groups is 2. The molecule has 1 aliphatic carbocycles. The molecule has 2 heterocycles. The van der Waals surface area contributed by atoms with Crippen LogP contribution in [0.5, 0.6) is 0 Å². The average molecular weight is 534 g/mol. The summed E-state index contributed by atoms with van der Waals surface area (Å²) in [5.41, 5.74) is 1.05. The van der Waals surface area contributed by atoms with Gasteiger partial charge in [0.15, 0.2) is 5.16 Å². The van der Waals surface area contributed by atoms with E-state index < -0.39 is 5.97 Å². The molecule has 1 N–H and O–H groups in total. The Labute approximate surface area is 217 Å². The molecule has 1 amide bonds. The molecule has 1 saturated carbocycles. The molecule has 1 aliphatic rings. The number of hydrogen-bond acceptors (Lipinski definition) is 7. The van der Waals surface area contributed by atoms with E-state index in [0.29, 0.717) is 30.8 Å². The van der Waals surface area contributed by atoms with Gasteiger partial charge in [-0.2, -0.15) is 0 Å². The fourth-order valence-corrected chi connectivity index (χ4v) is 6.40. The van der Waals surface area contributed by atoms with Crippen molar-refractivity contribution in [3.8, 4) is 0 Å². The van der Waals surface area contributed by atoms with Gasteiger partial charge >= 0.3 is 5.97 Å². The fourth-order valence-electron chi connectivity index (χ4n) is 4.28. The van der Waals surface area contributed by atoms with E-state index in [-0.39, 0.29) is 36.4 Å². The number of aromatic nitrogens is 2. The Morgan fingerprint density at radius 1 is 1.26 bits per heavy atom. The number of fused-ring (bicyclic) bond motifs is 1. The van der Waals surface area contributed by atoms with Crippen molar-refractivity contribution in [2.45, 2.75) is 63.7 Å². The lowest BCUT2D eigenvalue weighted by Gasteiger charge is -2.22. The first kappa shape index (κ1) is 25.7. The summed E-state index contributed by atoms with van der Waals surface area (Å²) in [7, 11) is 0. The van der Waals surface area contributed by atoms with E-state index in [9.17, 15) is 14.4 Å². The molecule has 4 rings (SSSR count). The summed E-state index contributed by atoms with van der Waals surface area (Å²) < 4.78 is 6.70. The van der Waals surface area contributed by atoms with E-state index in [1.807, 2.05) is 18.2 Å². The minimum atomic E-state index is -0.467. The zero-order valence-corrected chi connectivity index (χ0v) is 22.2. The maximum absolute atomic E-state index is 13.7. The van der Waals surface area contributed by atoms with Crippen LogP contribution in [0.4, 0.5) is 0 Å². The predicted molar refractivity (Wildman–Crippen MR) is 141 cm³/mol. The minimum absolute atomic E-state index is 0.0740. The van der Waals surface area contributed by atoms with Gasteiger partial charge < -0.3 is 10.1 Å². The summed E-state index contributed by atoms with van der Waals surface area (Å²) in [4.78, 5) is 44.3. The number of hydrogen-bond donors (Lipinski definition) is 1. The van der Waals surface area contributed by atoms with Gasteiger partial charge in [0.05, 0.1) is 24.3 Å². The molecule has 1 fully saturated rings. The van der Waals surface area contributed by atoms with Gasteiger partial charge in [-0.3, -0.25) is 14.2 Å². The van der Waals surface area contributed by atoms with Crippen molar-refractivity contribution >= 4 is 56.8 Å². The molecular weight excluding hydrogens is 506 g/mol. The normalized spacial score (nSPS) is 14.3. The molecule has 0 unspecified atom stereocenters. The molecule has 10 heteroatoms. The van der Waals surface area contributed by atoms with Gasteiger partial charge in [0.1, 0.15) is 9.71 Å². The zero-order chi connectivity index (χ0) is 24.9. The SMILES string of the molecule is CCOC(=O)c1sc2nc(SCC(=O)NC3CCCCC3)n(Cc3ccccc3Cl)c(=O)c2c1C. The Kier molecular flexibility index (Phi) is 8.51. The van der Waals surface area contributed by atoms with E-state index in [1.54, 1.807) is 19.9 Å². The molecule has 0 radical (unpaired) electrons. The smallest absolute Gasteiger partial charge is 0.348 e. The topological polar surface area (TPSA) is 90.3 Å². The lowest BCUT2D eigenvalue weighted by Crippen LogP contribution is -2.37. The number of aryl methyl sites for hydroxylation is 1. The van der Waals surface area contributed by atoms with Crippen LogP contribution in [0.25, 0.3) is 10.2 Å². The fraction of sp³-hybridized carbons (Fsp3) is 0.440. The quantitative estimate of drug-likeness (QED) is 0.243. The van der Waals surface area contributed by atoms with Crippen LogP contribution in [0.1, 0.15) is 59.8 Å². The summed E-state index contributed by atoms with van der Waals surface area (Å²) >= 11 is 8.74. The second-order valence-corrected chi connectivity index (χ2v) is 10.9. The van der Waals surface area contributed by atoms with Gasteiger partial charge in [-0.1, -0.05) is 60.8 Å². The number of thioether (sulfide) groups is 1. The maximum atomic E-state index is 13.7. The van der Waals surface area contributed by atoms with Crippen LogP contribution in [0, 0.1) is 6.92 Å². The molecule has 7 nitrogen and oxygen atoms in total. The van der Waals surface area contributed by atoms with Crippen LogP contribution in [0.15, 0.2) is 34.2 Å². The summed E-state index contributed by atoms with van der Waals surface area (Å²) in [6.45, 7) is 3.92. The van der Waals surface area contributed by atoms with Crippen molar-refractivity contribution in [2.24, 2.45) is 0 Å². The van der Waals surface area contributed by atoms with E-state index in [2.05, 4.69) is 5.32 Å². The van der Waals surface area contributed by atoms with Crippen molar-refractivity contribution in [3.05, 3.63) is 55.6 Å². The Hall–Kier alpha value is -2.36. The van der Waals surface area contributed by atoms with Crippen LogP contribution in [-0.4, -0.2) is 39.8 Å². The molecule has 0 saturated heterocycles. The molecule has 0 aliphatic heterocycles. The molecule has 186 valence electrons. The summed E-state index contributed by atoms with van der Waals surface area (Å²) in [5.74, 6) is -0.396. The summed E-state index contributed by atoms with van der Waals surface area (Å²) in [6, 6.07) is 7.53. The first-order valence-corrected chi connectivity index (χ1v) is 13.9. The number of thiophene rings is 1. The number of ether oxygens (including phenoxy) is 1. The third-order valence-electron chi connectivity index (χ3n) is 6.07. The number of nitrogens with one attached hydrogen (secondary N) is 1. The molecule has 35 heavy (non-hydrogen) atoms. The van der Waals surface area contributed by atoms with E-state index in [1.165, 1.54) is 22.7 Å². The summed E-state index contributed by atoms with van der Waals surface area (Å²) in [5, 5.41) is 4.45. The minimum Gasteiger partial charge on any atom is -0.462 e. The van der Waals surface area contributed by atoms with E-state index >= 15 is 0 Å². The number of carbonyl (C=O) groups excluding carboxylic acids is 2. The first-order chi connectivity index (χ1) is 16.9. The Bertz CT molecular complexity index is 1300. The van der Waals surface area contributed by atoms with Gasteiger partial charge in [0.25, 0.3) is 5.56 Å². The Morgan fingerprint density at radius 2 is 2.00 bits per heavy atom. The second kappa shape index (κ2) is 11.6.